The molecule has 134 valence electrons. The Morgan fingerprint density at radius 3 is 2.58 bits per heavy atom. The lowest BCUT2D eigenvalue weighted by molar-refractivity contribution is 0.151. The molecule has 1 N–H and O–H groups in total. The van der Waals surface area contributed by atoms with Gasteiger partial charge in [-0.15, -0.1) is 0 Å². The molecule has 0 aliphatic rings. The summed E-state index contributed by atoms with van der Waals surface area (Å²) in [6.45, 7) is 0.936. The fourth-order valence-corrected chi connectivity index (χ4v) is 2.09. The molecule has 0 spiro atoms. The molecule has 0 saturated heterocycles. The largest absolute Gasteiger partial charge is 0.494 e. The number of nitrogens with one attached hydrogen (secondary N) is 1. The van der Waals surface area contributed by atoms with E-state index in [1.165, 1.54) is 0 Å². The number of amides is 1. The van der Waals surface area contributed by atoms with Gasteiger partial charge in [-0.1, -0.05) is 35.4 Å². The van der Waals surface area contributed by atoms with Gasteiger partial charge in [0.15, 0.2) is 0 Å². The smallest absolute Gasteiger partial charge is 0.420 e. The first-order valence-electron chi connectivity index (χ1n) is 7.99. The third-order valence-corrected chi connectivity index (χ3v) is 3.38. The highest BCUT2D eigenvalue weighted by molar-refractivity contribution is 6.03. The summed E-state index contributed by atoms with van der Waals surface area (Å²) in [5.41, 5.74) is 9.56. The minimum absolute atomic E-state index is 0.135. The molecule has 0 bridgehead atoms. The second-order valence-corrected chi connectivity index (χ2v) is 5.19. The maximum Gasteiger partial charge on any atom is 0.420 e. The molecule has 8 heteroatoms. The van der Waals surface area contributed by atoms with Crippen molar-refractivity contribution in [2.24, 2.45) is 5.11 Å². The zero-order chi connectivity index (χ0) is 18.6. The van der Waals surface area contributed by atoms with Crippen molar-refractivity contribution in [3.63, 3.8) is 0 Å². The minimum Gasteiger partial charge on any atom is -0.494 e. The lowest BCUT2D eigenvalue weighted by Crippen LogP contribution is -2.29. The van der Waals surface area contributed by atoms with E-state index in [0.29, 0.717) is 31.0 Å². The van der Waals surface area contributed by atoms with E-state index in [0.717, 1.165) is 16.8 Å². The maximum atomic E-state index is 12.2. The molecule has 26 heavy (non-hydrogen) atoms. The number of hydrogen-bond acceptors (Lipinski definition) is 5. The summed E-state index contributed by atoms with van der Waals surface area (Å²) < 4.78 is 10.7. The Morgan fingerprint density at radius 1 is 1.19 bits per heavy atom. The second kappa shape index (κ2) is 10.4. The maximum absolute atomic E-state index is 12.2. The highest BCUT2D eigenvalue weighted by Gasteiger charge is 2.15. The fraction of sp³-hybridized carbons (Fsp3) is 0.222. The molecule has 0 saturated carbocycles. The Labute approximate surface area is 151 Å². The average molecular weight is 353 g/mol. The Kier molecular flexibility index (Phi) is 7.51. The summed E-state index contributed by atoms with van der Waals surface area (Å²) in [4.78, 5) is 16.0. The first-order chi connectivity index (χ1) is 12.7. The highest BCUT2D eigenvalue weighted by atomic mass is 16.6. The molecule has 2 rings (SSSR count). The van der Waals surface area contributed by atoms with E-state index in [9.17, 15) is 4.79 Å². The number of hydrogen-bond donors (Lipinski definition) is 1. The molecule has 0 aliphatic carbocycles. The van der Waals surface area contributed by atoms with Gasteiger partial charge in [0.05, 0.1) is 18.6 Å². The fourth-order valence-electron chi connectivity index (χ4n) is 2.09. The van der Waals surface area contributed by atoms with E-state index in [-0.39, 0.29) is 6.61 Å². The number of nitrogens with zero attached hydrogens (tertiary/aromatic N) is 4. The molecule has 0 unspecified atom stereocenters. The third-order valence-electron chi connectivity index (χ3n) is 3.38. The van der Waals surface area contributed by atoms with Crippen LogP contribution in [-0.2, 0) is 11.3 Å². The van der Waals surface area contributed by atoms with E-state index >= 15 is 0 Å². The van der Waals surface area contributed by atoms with Gasteiger partial charge in [-0.05, 0) is 41.8 Å². The van der Waals surface area contributed by atoms with Crippen LogP contribution in [0.2, 0.25) is 0 Å². The molecular formula is C18H19N5O3. The number of azide groups is 1. The highest BCUT2D eigenvalue weighted by Crippen LogP contribution is 2.20. The number of ether oxygens (including phenoxy) is 2. The third kappa shape index (κ3) is 5.85. The zero-order valence-corrected chi connectivity index (χ0v) is 14.1. The van der Waals surface area contributed by atoms with Crippen LogP contribution in [0.4, 0.5) is 10.5 Å². The predicted octanol–water partition coefficient (Wildman–Crippen LogP) is 4.52. The van der Waals surface area contributed by atoms with E-state index in [4.69, 9.17) is 20.4 Å². The number of benzene rings is 2. The number of carbonyl (C=O) groups is 1. The van der Waals surface area contributed by atoms with Crippen LogP contribution in [-0.4, -0.2) is 25.6 Å². The Balaban J connectivity index is 1.88. The molecule has 0 heterocycles. The van der Waals surface area contributed by atoms with Crippen molar-refractivity contribution in [2.45, 2.75) is 13.0 Å². The standard InChI is InChI=1S/C18H19N5O3/c19-14-23(18(24)26-13-15-5-2-1-3-6-15)16-7-9-17(10-8-16)25-12-4-11-21-22-20/h1-3,5-10,14,19H,4,11-13H2. The van der Waals surface area contributed by atoms with Crippen molar-refractivity contribution in [1.29, 1.82) is 5.41 Å². The predicted molar refractivity (Wildman–Crippen MR) is 98.5 cm³/mol. The molecule has 2 aromatic carbocycles. The van der Waals surface area contributed by atoms with Gasteiger partial charge in [-0.25, -0.2) is 9.69 Å². The zero-order valence-electron chi connectivity index (χ0n) is 14.1. The second-order valence-electron chi connectivity index (χ2n) is 5.19. The first kappa shape index (κ1) is 18.8. The summed E-state index contributed by atoms with van der Waals surface area (Å²) in [6.07, 6.45) is 0.889. The van der Waals surface area contributed by atoms with Gasteiger partial charge in [-0.2, -0.15) is 0 Å². The first-order valence-corrected chi connectivity index (χ1v) is 7.99. The Bertz CT molecular complexity index is 758. The monoisotopic (exact) mass is 353 g/mol. The summed E-state index contributed by atoms with van der Waals surface area (Å²) in [5, 5.41) is 10.9. The van der Waals surface area contributed by atoms with E-state index in [1.807, 2.05) is 30.3 Å². The van der Waals surface area contributed by atoms with Crippen LogP contribution in [0.15, 0.2) is 59.7 Å². The van der Waals surface area contributed by atoms with Gasteiger partial charge >= 0.3 is 6.09 Å². The molecule has 0 atom stereocenters. The van der Waals surface area contributed by atoms with Crippen LogP contribution in [0.5, 0.6) is 5.75 Å². The number of rotatable bonds is 9. The van der Waals surface area contributed by atoms with Gasteiger partial charge in [-0.3, -0.25) is 5.41 Å². The van der Waals surface area contributed by atoms with Crippen LogP contribution in [0.3, 0.4) is 0 Å². The summed E-state index contributed by atoms with van der Waals surface area (Å²) >= 11 is 0. The van der Waals surface area contributed by atoms with Crippen molar-refractivity contribution >= 4 is 18.1 Å². The van der Waals surface area contributed by atoms with Crippen molar-refractivity contribution < 1.29 is 14.3 Å². The van der Waals surface area contributed by atoms with E-state index in [1.54, 1.807) is 24.3 Å². The van der Waals surface area contributed by atoms with Crippen molar-refractivity contribution in [1.82, 2.24) is 0 Å². The number of anilines is 1. The molecule has 0 aromatic heterocycles. The minimum atomic E-state index is -0.633. The van der Waals surface area contributed by atoms with E-state index < -0.39 is 6.09 Å². The van der Waals surface area contributed by atoms with Crippen LogP contribution >= 0.6 is 0 Å². The molecule has 0 aliphatic heterocycles. The lowest BCUT2D eigenvalue weighted by Gasteiger charge is -2.17. The molecule has 1 amide bonds. The Morgan fingerprint density at radius 2 is 1.92 bits per heavy atom. The summed E-state index contributed by atoms with van der Waals surface area (Å²) in [6, 6.07) is 16.1. The van der Waals surface area contributed by atoms with Gasteiger partial charge in [0.1, 0.15) is 12.4 Å². The molecule has 0 radical (unpaired) electrons. The van der Waals surface area contributed by atoms with Crippen LogP contribution in [0.25, 0.3) is 10.4 Å². The van der Waals surface area contributed by atoms with Crippen molar-refractivity contribution in [3.05, 3.63) is 70.6 Å². The van der Waals surface area contributed by atoms with Crippen LogP contribution < -0.4 is 9.64 Å². The summed E-state index contributed by atoms with van der Waals surface area (Å²) in [5.74, 6) is 0.622. The molecule has 0 fully saturated rings. The normalized spacial score (nSPS) is 9.69. The Hall–Kier alpha value is -3.51. The molecule has 2 aromatic rings. The number of carbonyl (C=O) groups excluding carboxylic acids is 1. The van der Waals surface area contributed by atoms with Crippen LogP contribution in [0, 0.1) is 5.41 Å². The average Bonchev–Trinajstić information content (AvgIpc) is 2.69. The van der Waals surface area contributed by atoms with Crippen molar-refractivity contribution in [2.75, 3.05) is 18.1 Å². The van der Waals surface area contributed by atoms with Gasteiger partial charge < -0.3 is 9.47 Å². The SMILES string of the molecule is [N-]=[N+]=NCCCOc1ccc(N(C=N)C(=O)OCc2ccccc2)cc1. The van der Waals surface area contributed by atoms with Crippen LogP contribution in [0.1, 0.15) is 12.0 Å². The topological polar surface area (TPSA) is 111 Å². The molecular weight excluding hydrogens is 334 g/mol. The van der Waals surface area contributed by atoms with E-state index in [2.05, 4.69) is 10.0 Å². The molecule has 8 nitrogen and oxygen atoms in total. The lowest BCUT2D eigenvalue weighted by atomic mass is 10.2. The van der Waals surface area contributed by atoms with Gasteiger partial charge in [0.25, 0.3) is 0 Å². The van der Waals surface area contributed by atoms with Gasteiger partial charge in [0, 0.05) is 11.5 Å². The summed E-state index contributed by atoms with van der Waals surface area (Å²) in [7, 11) is 0. The quantitative estimate of drug-likeness (QED) is 0.179. The van der Waals surface area contributed by atoms with Crippen molar-refractivity contribution in [3.8, 4) is 5.75 Å². The van der Waals surface area contributed by atoms with Gasteiger partial charge in [0.2, 0.25) is 0 Å².